The first kappa shape index (κ1) is 21.7. The molecule has 2 N–H and O–H groups in total. The number of aromatic carboxylic acids is 2. The van der Waals surface area contributed by atoms with Crippen molar-refractivity contribution in [2.75, 3.05) is 0 Å². The summed E-state index contributed by atoms with van der Waals surface area (Å²) in [6, 6.07) is 8.19. The molecular weight excluding hydrogens is 448 g/mol. The van der Waals surface area contributed by atoms with Crippen LogP contribution in [0.5, 0.6) is 0 Å². The molecule has 10 rings (SSSR count). The fourth-order valence-corrected chi connectivity index (χ4v) is 11.4. The lowest BCUT2D eigenvalue weighted by Crippen LogP contribution is -2.48. The summed E-state index contributed by atoms with van der Waals surface area (Å²) >= 11 is 0. The Balaban J connectivity index is 1.33. The van der Waals surface area contributed by atoms with Crippen molar-refractivity contribution in [1.29, 1.82) is 0 Å². The first-order valence-corrected chi connectivity index (χ1v) is 14.4. The normalized spacial score (nSPS) is 41.8. The van der Waals surface area contributed by atoms with Gasteiger partial charge in [-0.15, -0.1) is 0 Å². The molecule has 8 bridgehead atoms. The number of benzene rings is 2. The fraction of sp³-hybridized carbons (Fsp3) is 0.625. The van der Waals surface area contributed by atoms with E-state index < -0.39 is 11.9 Å². The van der Waals surface area contributed by atoms with Gasteiger partial charge in [0.15, 0.2) is 0 Å². The van der Waals surface area contributed by atoms with Gasteiger partial charge in [0.05, 0.1) is 11.1 Å². The Labute approximate surface area is 212 Å². The van der Waals surface area contributed by atoms with Crippen LogP contribution in [0.3, 0.4) is 0 Å². The third-order valence-corrected chi connectivity index (χ3v) is 11.8. The summed E-state index contributed by atoms with van der Waals surface area (Å²) < 4.78 is 0. The van der Waals surface area contributed by atoms with Crippen molar-refractivity contribution in [3.05, 3.63) is 46.5 Å². The molecule has 0 spiro atoms. The highest BCUT2D eigenvalue weighted by Crippen LogP contribution is 2.62. The maximum atomic E-state index is 12.6. The highest BCUT2D eigenvalue weighted by Gasteiger charge is 2.53. The fourth-order valence-electron chi connectivity index (χ4n) is 11.4. The number of rotatable bonds is 4. The van der Waals surface area contributed by atoms with Gasteiger partial charge >= 0.3 is 11.9 Å². The molecule has 0 saturated heterocycles. The zero-order valence-corrected chi connectivity index (χ0v) is 21.0. The molecule has 0 aliphatic heterocycles. The van der Waals surface area contributed by atoms with Crippen molar-refractivity contribution in [3.8, 4) is 0 Å². The van der Waals surface area contributed by atoms with E-state index >= 15 is 0 Å². The third kappa shape index (κ3) is 2.99. The van der Waals surface area contributed by atoms with E-state index in [9.17, 15) is 19.8 Å². The van der Waals surface area contributed by atoms with Crippen LogP contribution in [0.25, 0.3) is 10.8 Å². The molecule has 188 valence electrons. The lowest BCUT2D eigenvalue weighted by molar-refractivity contribution is -0.00522. The lowest BCUT2D eigenvalue weighted by Gasteiger charge is -2.57. The Hall–Kier alpha value is -2.36. The van der Waals surface area contributed by atoms with E-state index in [2.05, 4.69) is 12.1 Å². The first-order chi connectivity index (χ1) is 17.3. The van der Waals surface area contributed by atoms with E-state index in [1.807, 2.05) is 12.1 Å². The molecule has 2 aromatic rings. The number of carboxylic acids is 2. The molecule has 2 aromatic carbocycles. The van der Waals surface area contributed by atoms with Crippen molar-refractivity contribution in [1.82, 2.24) is 0 Å². The minimum atomic E-state index is -1.00. The highest BCUT2D eigenvalue weighted by molar-refractivity contribution is 6.13. The molecule has 8 fully saturated rings. The van der Waals surface area contributed by atoms with Crippen molar-refractivity contribution in [3.63, 3.8) is 0 Å². The Morgan fingerprint density at radius 1 is 0.556 bits per heavy atom. The van der Waals surface area contributed by atoms with Gasteiger partial charge in [-0.2, -0.15) is 0 Å². The second-order valence-corrected chi connectivity index (χ2v) is 14.2. The predicted molar refractivity (Wildman–Crippen MR) is 138 cm³/mol. The summed E-state index contributed by atoms with van der Waals surface area (Å²) in [5, 5.41) is 21.9. The number of fused-ring (bicyclic) bond motifs is 1. The average molecular weight is 485 g/mol. The second-order valence-electron chi connectivity index (χ2n) is 14.2. The summed E-state index contributed by atoms with van der Waals surface area (Å²) in [6.45, 7) is 0. The zero-order chi connectivity index (χ0) is 24.4. The minimum absolute atomic E-state index is 0.0766. The van der Waals surface area contributed by atoms with E-state index in [1.165, 1.54) is 88.2 Å². The lowest BCUT2D eigenvalue weighted by atomic mass is 9.47. The molecule has 8 saturated carbocycles. The Morgan fingerprint density at radius 2 is 0.861 bits per heavy atom. The van der Waals surface area contributed by atoms with Crippen LogP contribution in [0.4, 0.5) is 0 Å². The van der Waals surface area contributed by atoms with Crippen molar-refractivity contribution >= 4 is 22.7 Å². The van der Waals surface area contributed by atoms with Gasteiger partial charge in [0, 0.05) is 5.39 Å². The molecule has 8 aliphatic carbocycles. The van der Waals surface area contributed by atoms with Crippen LogP contribution in [0.2, 0.25) is 0 Å². The molecule has 36 heavy (non-hydrogen) atoms. The van der Waals surface area contributed by atoms with Gasteiger partial charge in [-0.3, -0.25) is 0 Å². The molecule has 4 heteroatoms. The third-order valence-electron chi connectivity index (χ3n) is 11.8. The molecule has 4 nitrogen and oxygen atoms in total. The number of carboxylic acid groups (broad SMARTS) is 2. The monoisotopic (exact) mass is 484 g/mol. The van der Waals surface area contributed by atoms with Crippen LogP contribution in [-0.4, -0.2) is 22.2 Å². The van der Waals surface area contributed by atoms with Gasteiger partial charge in [0.25, 0.3) is 0 Å². The molecule has 8 aliphatic rings. The number of hydrogen-bond donors (Lipinski definition) is 2. The predicted octanol–water partition coefficient (Wildman–Crippen LogP) is 7.17. The summed E-state index contributed by atoms with van der Waals surface area (Å²) in [5.41, 5.74) is 2.87. The molecular formula is C32H36O4. The van der Waals surface area contributed by atoms with Crippen LogP contribution in [0, 0.1) is 35.5 Å². The molecule has 0 atom stereocenters. The van der Waals surface area contributed by atoms with Crippen LogP contribution >= 0.6 is 0 Å². The number of hydrogen-bond acceptors (Lipinski definition) is 2. The smallest absolute Gasteiger partial charge is 0.336 e. The van der Waals surface area contributed by atoms with Crippen LogP contribution in [0.1, 0.15) is 109 Å². The molecule has 0 amide bonds. The van der Waals surface area contributed by atoms with Crippen LogP contribution in [-0.2, 0) is 10.8 Å². The van der Waals surface area contributed by atoms with Gasteiger partial charge < -0.3 is 10.2 Å². The van der Waals surface area contributed by atoms with E-state index in [1.54, 1.807) is 0 Å². The van der Waals surface area contributed by atoms with E-state index in [0.29, 0.717) is 5.39 Å². The van der Waals surface area contributed by atoms with Gasteiger partial charge in [-0.05, 0) is 152 Å². The molecule has 0 unspecified atom stereocenters. The van der Waals surface area contributed by atoms with Crippen molar-refractivity contribution in [2.45, 2.75) is 87.9 Å². The van der Waals surface area contributed by atoms with Gasteiger partial charge in [0.1, 0.15) is 0 Å². The summed E-state index contributed by atoms with van der Waals surface area (Å²) in [4.78, 5) is 25.2. The molecule has 0 aromatic heterocycles. The minimum Gasteiger partial charge on any atom is -0.478 e. The average Bonchev–Trinajstić information content (AvgIpc) is 2.80. The standard InChI is InChI=1S/C32H36O4/c33-29(34)26-9-24(31-11-17-1-18(12-31)3-19(2-17)13-31)7-23-8-25(10-27(28(23)26)30(35)36)32-14-20-4-21(15-32)6-22(5-20)16-32/h7-10,17-22H,1-6,11-16H2,(H,33,34)(H,35,36). The Kier molecular flexibility index (Phi) is 4.30. The summed E-state index contributed by atoms with van der Waals surface area (Å²) in [5.74, 6) is 2.62. The summed E-state index contributed by atoms with van der Waals surface area (Å²) in [7, 11) is 0. The summed E-state index contributed by atoms with van der Waals surface area (Å²) in [6.07, 6.45) is 15.1. The van der Waals surface area contributed by atoms with E-state index in [-0.39, 0.29) is 22.0 Å². The van der Waals surface area contributed by atoms with E-state index in [0.717, 1.165) is 40.9 Å². The molecule has 0 heterocycles. The Bertz CT molecular complexity index is 1150. The van der Waals surface area contributed by atoms with Crippen LogP contribution < -0.4 is 0 Å². The van der Waals surface area contributed by atoms with Gasteiger partial charge in [-0.25, -0.2) is 9.59 Å². The number of carbonyl (C=O) groups is 2. The largest absolute Gasteiger partial charge is 0.478 e. The SMILES string of the molecule is O=C(O)c1cc(C23CC4CC(CC(C4)C2)C3)cc2cc(C34CC5CC(CC(C5)C3)C4)cc(C(=O)O)c12. The van der Waals surface area contributed by atoms with Crippen LogP contribution in [0.15, 0.2) is 24.3 Å². The Morgan fingerprint density at radius 3 is 1.14 bits per heavy atom. The quantitative estimate of drug-likeness (QED) is 0.482. The second kappa shape index (κ2) is 7.14. The van der Waals surface area contributed by atoms with Gasteiger partial charge in [-0.1, -0.05) is 12.1 Å². The van der Waals surface area contributed by atoms with E-state index in [4.69, 9.17) is 0 Å². The maximum Gasteiger partial charge on any atom is 0.336 e. The van der Waals surface area contributed by atoms with Crippen molar-refractivity contribution in [2.24, 2.45) is 35.5 Å². The molecule has 0 radical (unpaired) electrons. The highest BCUT2D eigenvalue weighted by atomic mass is 16.4. The topological polar surface area (TPSA) is 74.6 Å². The first-order valence-electron chi connectivity index (χ1n) is 14.4. The van der Waals surface area contributed by atoms with Gasteiger partial charge in [0.2, 0.25) is 0 Å². The van der Waals surface area contributed by atoms with Crippen molar-refractivity contribution < 1.29 is 19.8 Å². The zero-order valence-electron chi connectivity index (χ0n) is 21.0. The maximum absolute atomic E-state index is 12.6.